The molecule has 0 aromatic carbocycles. The van der Waals surface area contributed by atoms with E-state index in [0.29, 0.717) is 18.0 Å². The van der Waals surface area contributed by atoms with Gasteiger partial charge in [-0.1, -0.05) is 12.2 Å². The molecular formula is C18H28Cl3N3OS. The van der Waals surface area contributed by atoms with E-state index in [1.807, 2.05) is 18.0 Å². The van der Waals surface area contributed by atoms with Crippen LogP contribution >= 0.6 is 49.0 Å². The third-order valence-corrected chi connectivity index (χ3v) is 7.61. The van der Waals surface area contributed by atoms with Gasteiger partial charge in [0.1, 0.15) is 0 Å². The summed E-state index contributed by atoms with van der Waals surface area (Å²) in [5, 5.41) is 3.32. The Kier molecular flexibility index (Phi) is 9.01. The van der Waals surface area contributed by atoms with Gasteiger partial charge >= 0.3 is 0 Å². The van der Waals surface area contributed by atoms with Gasteiger partial charge in [-0.2, -0.15) is 0 Å². The second-order valence-electron chi connectivity index (χ2n) is 7.27. The van der Waals surface area contributed by atoms with Crippen molar-refractivity contribution in [3.05, 3.63) is 23.9 Å². The van der Waals surface area contributed by atoms with Crippen LogP contribution in [0, 0.1) is 11.8 Å². The smallest absolute Gasteiger partial charge is 0.224 e. The van der Waals surface area contributed by atoms with Crippen molar-refractivity contribution in [2.75, 3.05) is 5.75 Å². The summed E-state index contributed by atoms with van der Waals surface area (Å²) in [6.45, 7) is 0. The van der Waals surface area contributed by atoms with Crippen LogP contribution in [0.25, 0.3) is 0 Å². The number of carbonyl (C=O) groups excluding carboxylic acids is 1. The normalized spacial score (nSPS) is 37.0. The number of nitrogens with one attached hydrogen (secondary N) is 1. The molecular weight excluding hydrogens is 413 g/mol. The predicted molar refractivity (Wildman–Crippen MR) is 117 cm³/mol. The van der Waals surface area contributed by atoms with Crippen molar-refractivity contribution in [3.63, 3.8) is 0 Å². The van der Waals surface area contributed by atoms with Crippen molar-refractivity contribution >= 4 is 61.1 Å². The highest BCUT2D eigenvalue weighted by molar-refractivity contribution is 8.01. The van der Waals surface area contributed by atoms with Crippen molar-refractivity contribution < 1.29 is 4.79 Å². The highest BCUT2D eigenvalue weighted by Crippen LogP contribution is 2.57. The van der Waals surface area contributed by atoms with Crippen molar-refractivity contribution in [1.29, 1.82) is 0 Å². The van der Waals surface area contributed by atoms with E-state index in [-0.39, 0.29) is 53.8 Å². The van der Waals surface area contributed by atoms with E-state index in [1.165, 1.54) is 5.70 Å². The zero-order valence-corrected chi connectivity index (χ0v) is 17.9. The minimum absolute atomic E-state index is 0. The van der Waals surface area contributed by atoms with Gasteiger partial charge in [0.2, 0.25) is 5.91 Å². The number of nitrogens with two attached hydrogens (primary N) is 1. The summed E-state index contributed by atoms with van der Waals surface area (Å²) in [5.74, 6) is 1.66. The maximum atomic E-state index is 12.9. The Morgan fingerprint density at radius 3 is 2.69 bits per heavy atom. The Bertz CT molecular complexity index is 590. The molecule has 3 N–H and O–H groups in total. The molecule has 0 radical (unpaired) electrons. The number of hydrogen-bond donors (Lipinski definition) is 2. The van der Waals surface area contributed by atoms with Crippen LogP contribution in [0.1, 0.15) is 38.5 Å². The molecule has 8 heteroatoms. The van der Waals surface area contributed by atoms with Gasteiger partial charge in [-0.05, 0) is 50.5 Å². The second kappa shape index (κ2) is 9.83. The number of halogens is 3. The first-order valence-corrected chi connectivity index (χ1v) is 9.77. The number of carbonyl (C=O) groups is 1. The first-order valence-electron chi connectivity index (χ1n) is 8.79. The molecule has 2 fully saturated rings. The van der Waals surface area contributed by atoms with Gasteiger partial charge in [-0.3, -0.25) is 9.79 Å². The van der Waals surface area contributed by atoms with E-state index in [2.05, 4.69) is 28.5 Å². The maximum absolute atomic E-state index is 12.9. The molecule has 1 saturated heterocycles. The SMILES string of the molecule is Cl.Cl.Cl.NC1CCC(NC(=O)C2CSC34CC=CC=C3N=CCC24)CC1. The summed E-state index contributed by atoms with van der Waals surface area (Å²) in [5.41, 5.74) is 7.13. The topological polar surface area (TPSA) is 67.5 Å². The summed E-state index contributed by atoms with van der Waals surface area (Å²) in [6.07, 6.45) is 14.5. The largest absolute Gasteiger partial charge is 0.353 e. The molecule has 3 unspecified atom stereocenters. The fourth-order valence-electron chi connectivity index (χ4n) is 4.51. The molecule has 0 aromatic rings. The van der Waals surface area contributed by atoms with Crippen LogP contribution in [0.2, 0.25) is 0 Å². The van der Waals surface area contributed by atoms with E-state index in [4.69, 9.17) is 5.73 Å². The monoisotopic (exact) mass is 439 g/mol. The summed E-state index contributed by atoms with van der Waals surface area (Å²) in [6, 6.07) is 0.645. The minimum atomic E-state index is 0. The lowest BCUT2D eigenvalue weighted by Crippen LogP contribution is -2.47. The van der Waals surface area contributed by atoms with Crippen LogP contribution in [0.15, 0.2) is 28.9 Å². The standard InChI is InChI=1S/C18H25N3OS.3ClH/c19-12-4-6-13(7-5-12)21-17(22)14-11-23-18-9-2-1-3-16(18)20-10-8-15(14)18;;;/h1-3,10,12-15H,4-9,11,19H2,(H,21,22);3*1H. The Morgan fingerprint density at radius 1 is 1.23 bits per heavy atom. The minimum Gasteiger partial charge on any atom is -0.353 e. The summed E-state index contributed by atoms with van der Waals surface area (Å²) >= 11 is 1.94. The number of nitrogens with zero attached hydrogens (tertiary/aromatic N) is 1. The Labute approximate surface area is 178 Å². The van der Waals surface area contributed by atoms with Gasteiger partial charge in [-0.15, -0.1) is 49.0 Å². The van der Waals surface area contributed by atoms with Crippen LogP contribution in [0.5, 0.6) is 0 Å². The summed E-state index contributed by atoms with van der Waals surface area (Å²) < 4.78 is 0.0421. The van der Waals surface area contributed by atoms with Crippen molar-refractivity contribution in [3.8, 4) is 0 Å². The first kappa shape index (κ1) is 23.8. The molecule has 26 heavy (non-hydrogen) atoms. The number of thioether (sulfide) groups is 1. The molecule has 2 aliphatic heterocycles. The fourth-order valence-corrected chi connectivity index (χ4v) is 6.33. The lowest BCUT2D eigenvalue weighted by atomic mass is 9.73. The molecule has 2 aliphatic carbocycles. The zero-order valence-electron chi connectivity index (χ0n) is 14.6. The molecule has 1 saturated carbocycles. The van der Waals surface area contributed by atoms with Crippen LogP contribution in [-0.2, 0) is 4.79 Å². The van der Waals surface area contributed by atoms with Gasteiger partial charge in [0, 0.05) is 24.1 Å². The fraction of sp³-hybridized carbons (Fsp3) is 0.667. The molecule has 0 aromatic heterocycles. The van der Waals surface area contributed by atoms with E-state index < -0.39 is 0 Å². The summed E-state index contributed by atoms with van der Waals surface area (Å²) in [7, 11) is 0. The number of hydrogen-bond acceptors (Lipinski definition) is 4. The van der Waals surface area contributed by atoms with Crippen LogP contribution < -0.4 is 11.1 Å². The first-order chi connectivity index (χ1) is 11.2. The van der Waals surface area contributed by atoms with Crippen molar-refractivity contribution in [1.82, 2.24) is 5.32 Å². The molecule has 3 atom stereocenters. The Hall–Kier alpha value is -0.200. The lowest BCUT2D eigenvalue weighted by Gasteiger charge is -2.39. The highest BCUT2D eigenvalue weighted by atomic mass is 35.5. The average Bonchev–Trinajstić information content (AvgIpc) is 2.95. The molecule has 1 spiro atoms. The van der Waals surface area contributed by atoms with E-state index in [1.54, 1.807) is 0 Å². The zero-order chi connectivity index (χ0) is 15.9. The predicted octanol–water partition coefficient (Wildman–Crippen LogP) is 3.67. The van der Waals surface area contributed by atoms with E-state index in [0.717, 1.165) is 44.3 Å². The van der Waals surface area contributed by atoms with Gasteiger partial charge in [-0.25, -0.2) is 0 Å². The molecule has 4 aliphatic rings. The number of allylic oxidation sites excluding steroid dienone is 3. The quantitative estimate of drug-likeness (QED) is 0.688. The molecule has 2 heterocycles. The Balaban J connectivity index is 0.00000113. The van der Waals surface area contributed by atoms with E-state index in [9.17, 15) is 4.79 Å². The third kappa shape index (κ3) is 4.27. The molecule has 0 bridgehead atoms. The van der Waals surface area contributed by atoms with Gasteiger partial charge in [0.15, 0.2) is 0 Å². The highest BCUT2D eigenvalue weighted by Gasteiger charge is 2.54. The van der Waals surface area contributed by atoms with Crippen LogP contribution in [-0.4, -0.2) is 34.7 Å². The second-order valence-corrected chi connectivity index (χ2v) is 8.62. The number of rotatable bonds is 2. The van der Waals surface area contributed by atoms with Crippen LogP contribution in [0.4, 0.5) is 0 Å². The molecule has 1 amide bonds. The van der Waals surface area contributed by atoms with Gasteiger partial charge < -0.3 is 11.1 Å². The molecule has 4 rings (SSSR count). The van der Waals surface area contributed by atoms with Crippen LogP contribution in [0.3, 0.4) is 0 Å². The maximum Gasteiger partial charge on any atom is 0.224 e. The van der Waals surface area contributed by atoms with Gasteiger partial charge in [0.05, 0.1) is 16.4 Å². The van der Waals surface area contributed by atoms with Crippen molar-refractivity contribution in [2.24, 2.45) is 22.6 Å². The molecule has 4 nitrogen and oxygen atoms in total. The molecule has 148 valence electrons. The van der Waals surface area contributed by atoms with E-state index >= 15 is 0 Å². The third-order valence-electron chi connectivity index (χ3n) is 5.89. The lowest BCUT2D eigenvalue weighted by molar-refractivity contribution is -0.126. The summed E-state index contributed by atoms with van der Waals surface area (Å²) in [4.78, 5) is 17.5. The average molecular weight is 441 g/mol. The van der Waals surface area contributed by atoms with Gasteiger partial charge in [0.25, 0.3) is 0 Å². The van der Waals surface area contributed by atoms with Crippen molar-refractivity contribution in [2.45, 2.75) is 55.4 Å². The number of aliphatic imine (C=N–C) groups is 1. The number of amides is 1. The Morgan fingerprint density at radius 2 is 1.96 bits per heavy atom.